The molecule has 1 aromatic carbocycles. The van der Waals surface area contributed by atoms with Gasteiger partial charge in [0.2, 0.25) is 5.88 Å². The summed E-state index contributed by atoms with van der Waals surface area (Å²) < 4.78 is 73.1. The van der Waals surface area contributed by atoms with E-state index < -0.39 is 31.2 Å². The molecule has 1 saturated heterocycles. The molecule has 4 rings (SSSR count). The molecule has 0 spiro atoms. The van der Waals surface area contributed by atoms with E-state index >= 15 is 0 Å². The number of halogens is 4. The predicted molar refractivity (Wildman–Crippen MR) is 146 cm³/mol. The van der Waals surface area contributed by atoms with Gasteiger partial charge in [-0.1, -0.05) is 5.21 Å². The van der Waals surface area contributed by atoms with Gasteiger partial charge in [-0.2, -0.15) is 13.2 Å². The van der Waals surface area contributed by atoms with E-state index in [2.05, 4.69) is 20.6 Å². The Balaban J connectivity index is 1.39. The highest BCUT2D eigenvalue weighted by Gasteiger charge is 2.28. The zero-order valence-electron chi connectivity index (χ0n) is 23.6. The number of benzene rings is 1. The second-order valence-corrected chi connectivity index (χ2v) is 9.73. The van der Waals surface area contributed by atoms with E-state index in [1.54, 1.807) is 23.6 Å². The number of alkyl halides is 4. The molecule has 238 valence electrons. The molecule has 3 heterocycles. The number of aromatic nitrogens is 4. The van der Waals surface area contributed by atoms with Crippen LogP contribution in [0, 0.1) is 5.92 Å². The van der Waals surface area contributed by atoms with Gasteiger partial charge in [-0.3, -0.25) is 9.59 Å². The van der Waals surface area contributed by atoms with Gasteiger partial charge in [0.25, 0.3) is 11.8 Å². The van der Waals surface area contributed by atoms with Gasteiger partial charge in [0.15, 0.2) is 5.69 Å². The molecule has 2 aromatic heterocycles. The molecule has 0 saturated carbocycles. The molecule has 16 heteroatoms. The Kier molecular flexibility index (Phi) is 11.8. The molecular weight excluding hydrogens is 592 g/mol. The lowest BCUT2D eigenvalue weighted by molar-refractivity contribution is -0.123. The number of carbonyl (C=O) groups is 2. The zero-order chi connectivity index (χ0) is 31.4. The Bertz CT molecular complexity index is 1380. The van der Waals surface area contributed by atoms with Crippen LogP contribution in [0.5, 0.6) is 11.6 Å². The molecule has 0 aliphatic carbocycles. The standard InChI is InChI=1S/C28H32F4N6O6/c29-6-10-42-11-12-43-24-14-21(26(39)35-18-28(30,31)32)1-2-23(24)38-16-22(36-37-38)27(40)34-15-20-3-7-33-25(13-20)44-17-19-4-8-41-9-5-19/h1-3,7,13-14,16,19H,4-6,8-12,15,17-18H2,(H,34,40)(H,35,39). The van der Waals surface area contributed by atoms with Crippen molar-refractivity contribution < 1.29 is 46.1 Å². The number of ether oxygens (including phenoxy) is 4. The van der Waals surface area contributed by atoms with Crippen molar-refractivity contribution in [2.75, 3.05) is 52.9 Å². The van der Waals surface area contributed by atoms with Crippen LogP contribution in [0.2, 0.25) is 0 Å². The molecule has 0 bridgehead atoms. The van der Waals surface area contributed by atoms with Gasteiger partial charge in [0, 0.05) is 37.6 Å². The summed E-state index contributed by atoms with van der Waals surface area (Å²) in [5, 5.41) is 12.4. The van der Waals surface area contributed by atoms with E-state index in [-0.39, 0.29) is 49.1 Å². The third-order valence-corrected chi connectivity index (χ3v) is 6.41. The van der Waals surface area contributed by atoms with Crippen LogP contribution in [0.25, 0.3) is 5.69 Å². The lowest BCUT2D eigenvalue weighted by atomic mass is 10.0. The summed E-state index contributed by atoms with van der Waals surface area (Å²) in [7, 11) is 0. The minimum Gasteiger partial charge on any atom is -0.489 e. The first kappa shape index (κ1) is 32.6. The van der Waals surface area contributed by atoms with Crippen LogP contribution in [0.4, 0.5) is 17.6 Å². The average molecular weight is 625 g/mol. The Morgan fingerprint density at radius 1 is 1.02 bits per heavy atom. The Morgan fingerprint density at radius 3 is 2.61 bits per heavy atom. The van der Waals surface area contributed by atoms with Gasteiger partial charge in [-0.25, -0.2) is 14.1 Å². The van der Waals surface area contributed by atoms with Crippen molar-refractivity contribution in [3.63, 3.8) is 0 Å². The fraction of sp³-hybridized carbons (Fsp3) is 0.464. The number of carbonyl (C=O) groups excluding carboxylic acids is 2. The van der Waals surface area contributed by atoms with Crippen molar-refractivity contribution in [2.45, 2.75) is 25.6 Å². The van der Waals surface area contributed by atoms with Crippen LogP contribution in [-0.2, 0) is 16.0 Å². The molecule has 2 amide bonds. The average Bonchev–Trinajstić information content (AvgIpc) is 3.52. The number of hydrogen-bond donors (Lipinski definition) is 2. The van der Waals surface area contributed by atoms with E-state index in [4.69, 9.17) is 18.9 Å². The Hall–Kier alpha value is -4.31. The van der Waals surface area contributed by atoms with Crippen molar-refractivity contribution in [3.8, 4) is 17.3 Å². The predicted octanol–water partition coefficient (Wildman–Crippen LogP) is 3.05. The normalized spacial score (nSPS) is 13.8. The Morgan fingerprint density at radius 2 is 1.84 bits per heavy atom. The van der Waals surface area contributed by atoms with Crippen molar-refractivity contribution in [1.29, 1.82) is 0 Å². The van der Waals surface area contributed by atoms with Gasteiger partial charge in [-0.15, -0.1) is 5.10 Å². The lowest BCUT2D eigenvalue weighted by Crippen LogP contribution is -2.33. The second-order valence-electron chi connectivity index (χ2n) is 9.73. The third-order valence-electron chi connectivity index (χ3n) is 6.41. The zero-order valence-corrected chi connectivity index (χ0v) is 23.6. The first-order valence-electron chi connectivity index (χ1n) is 13.8. The monoisotopic (exact) mass is 624 g/mol. The maximum atomic E-state index is 12.8. The van der Waals surface area contributed by atoms with Gasteiger partial charge in [-0.05, 0) is 48.6 Å². The first-order chi connectivity index (χ1) is 21.2. The maximum absolute atomic E-state index is 12.8. The number of rotatable bonds is 15. The topological polar surface area (TPSA) is 139 Å². The lowest BCUT2D eigenvalue weighted by Gasteiger charge is -2.21. The van der Waals surface area contributed by atoms with Gasteiger partial charge in [0.05, 0.1) is 26.0 Å². The minimum atomic E-state index is -4.58. The van der Waals surface area contributed by atoms with Crippen molar-refractivity contribution in [1.82, 2.24) is 30.6 Å². The third kappa shape index (κ3) is 10.2. The second kappa shape index (κ2) is 16.0. The number of pyridine rings is 1. The van der Waals surface area contributed by atoms with E-state index in [1.807, 2.05) is 0 Å². The largest absolute Gasteiger partial charge is 0.489 e. The van der Waals surface area contributed by atoms with Gasteiger partial charge in [0.1, 0.15) is 31.3 Å². The highest BCUT2D eigenvalue weighted by Crippen LogP contribution is 2.25. The summed E-state index contributed by atoms with van der Waals surface area (Å²) in [4.78, 5) is 29.3. The van der Waals surface area contributed by atoms with Crippen molar-refractivity contribution in [3.05, 3.63) is 59.5 Å². The highest BCUT2D eigenvalue weighted by molar-refractivity contribution is 5.95. The molecule has 44 heavy (non-hydrogen) atoms. The molecule has 0 radical (unpaired) electrons. The first-order valence-corrected chi connectivity index (χ1v) is 13.8. The summed E-state index contributed by atoms with van der Waals surface area (Å²) in [6.07, 6.45) is 0.198. The summed E-state index contributed by atoms with van der Waals surface area (Å²) in [5.74, 6) is -0.593. The molecule has 0 atom stereocenters. The number of nitrogens with one attached hydrogen (secondary N) is 2. The highest BCUT2D eigenvalue weighted by atomic mass is 19.4. The van der Waals surface area contributed by atoms with Crippen LogP contribution in [0.15, 0.2) is 42.7 Å². The fourth-order valence-electron chi connectivity index (χ4n) is 4.12. The van der Waals surface area contributed by atoms with Crippen molar-refractivity contribution in [2.24, 2.45) is 5.92 Å². The Labute approximate surface area is 250 Å². The maximum Gasteiger partial charge on any atom is 0.405 e. The van der Waals surface area contributed by atoms with Crippen LogP contribution in [0.3, 0.4) is 0 Å². The van der Waals surface area contributed by atoms with E-state index in [9.17, 15) is 27.2 Å². The SMILES string of the molecule is O=C(NCC(F)(F)F)c1ccc(-n2cc(C(=O)NCc3ccnc(OCC4CCOCC4)c3)nn2)c(OCCOCCF)c1. The molecule has 1 aliphatic rings. The summed E-state index contributed by atoms with van der Waals surface area (Å²) in [6.45, 7) is -0.244. The summed E-state index contributed by atoms with van der Waals surface area (Å²) >= 11 is 0. The quantitative estimate of drug-likeness (QED) is 0.193. The molecule has 0 unspecified atom stereocenters. The van der Waals surface area contributed by atoms with Crippen LogP contribution in [0.1, 0.15) is 39.3 Å². The molecule has 12 nitrogen and oxygen atoms in total. The molecule has 1 aliphatic heterocycles. The van der Waals surface area contributed by atoms with Gasteiger partial charge < -0.3 is 29.6 Å². The van der Waals surface area contributed by atoms with Crippen LogP contribution in [-0.4, -0.2) is 90.8 Å². The summed E-state index contributed by atoms with van der Waals surface area (Å²) in [6, 6.07) is 7.37. The van der Waals surface area contributed by atoms with Crippen LogP contribution < -0.4 is 20.1 Å². The van der Waals surface area contributed by atoms with Gasteiger partial charge >= 0.3 is 6.18 Å². The van der Waals surface area contributed by atoms with Crippen molar-refractivity contribution >= 4 is 11.8 Å². The summed E-state index contributed by atoms with van der Waals surface area (Å²) in [5.41, 5.74) is 0.867. The molecular formula is C28H32F4N6O6. The van der Waals surface area contributed by atoms with E-state index in [0.29, 0.717) is 18.4 Å². The molecule has 3 aromatic rings. The number of nitrogens with zero attached hydrogens (tertiary/aromatic N) is 4. The fourth-order valence-corrected chi connectivity index (χ4v) is 4.12. The van der Waals surface area contributed by atoms with E-state index in [1.165, 1.54) is 29.1 Å². The number of amides is 2. The smallest absolute Gasteiger partial charge is 0.405 e. The molecule has 1 fully saturated rings. The van der Waals surface area contributed by atoms with E-state index in [0.717, 1.165) is 31.6 Å². The van der Waals surface area contributed by atoms with Crippen LogP contribution >= 0.6 is 0 Å². The minimum absolute atomic E-state index is 0.0101. The molecule has 2 N–H and O–H groups in total. The number of hydrogen-bond acceptors (Lipinski definition) is 9.